The first kappa shape index (κ1) is 15.1. The number of carbonyl (C=O) groups is 2. The number of rotatable bonds is 5. The molecule has 0 saturated heterocycles. The van der Waals surface area contributed by atoms with Crippen LogP contribution in [0.15, 0.2) is 24.3 Å². The lowest BCUT2D eigenvalue weighted by molar-refractivity contribution is -0.148. The maximum atomic E-state index is 13.5. The molecule has 0 aromatic heterocycles. The molecule has 0 heterocycles. The number of nitrogens with one attached hydrogen (secondary N) is 1. The maximum Gasteiger partial charge on any atom is 0.332 e. The normalized spacial score (nSPS) is 13.5. The van der Waals surface area contributed by atoms with Gasteiger partial charge in [0.25, 0.3) is 0 Å². The topological polar surface area (TPSA) is 81.4 Å². The second kappa shape index (κ2) is 6.84. The van der Waals surface area contributed by atoms with E-state index in [2.05, 4.69) is 10.1 Å². The summed E-state index contributed by atoms with van der Waals surface area (Å²) in [4.78, 5) is 23.0. The van der Waals surface area contributed by atoms with Crippen molar-refractivity contribution in [2.45, 2.75) is 25.9 Å². The fraction of sp³-hybridized carbons (Fsp3) is 0.385. The van der Waals surface area contributed by atoms with Crippen molar-refractivity contribution in [3.63, 3.8) is 0 Å². The molecule has 0 bridgehead atoms. The molecule has 0 spiro atoms. The Bertz CT molecular complexity index is 465. The molecule has 3 N–H and O–H groups in total. The minimum absolute atomic E-state index is 0.142. The van der Waals surface area contributed by atoms with Gasteiger partial charge in [0.2, 0.25) is 5.91 Å². The molecule has 1 amide bonds. The third-order valence-corrected chi connectivity index (χ3v) is 2.55. The molecule has 1 rings (SSSR count). The van der Waals surface area contributed by atoms with Crippen molar-refractivity contribution in [3.8, 4) is 0 Å². The van der Waals surface area contributed by atoms with E-state index in [-0.39, 0.29) is 6.61 Å². The Hall–Kier alpha value is -1.95. The van der Waals surface area contributed by atoms with Crippen LogP contribution in [0.3, 0.4) is 0 Å². The van der Waals surface area contributed by atoms with Gasteiger partial charge in [0.05, 0.1) is 12.6 Å². The van der Waals surface area contributed by atoms with Gasteiger partial charge in [-0.2, -0.15) is 0 Å². The molecule has 104 valence electrons. The molecule has 19 heavy (non-hydrogen) atoms. The van der Waals surface area contributed by atoms with Gasteiger partial charge in [0.15, 0.2) is 6.04 Å². The Labute approximate surface area is 110 Å². The minimum Gasteiger partial charge on any atom is -0.464 e. The van der Waals surface area contributed by atoms with Gasteiger partial charge in [-0.1, -0.05) is 18.2 Å². The Morgan fingerprint density at radius 3 is 2.63 bits per heavy atom. The SMILES string of the molecule is CCOC(=O)C(N)C(=O)N[C@H](C)c1ccccc1F. The van der Waals surface area contributed by atoms with Crippen LogP contribution in [0, 0.1) is 5.82 Å². The Balaban J connectivity index is 2.67. The molecule has 0 fully saturated rings. The average molecular weight is 268 g/mol. The molecule has 2 atom stereocenters. The molecule has 0 aliphatic carbocycles. The fourth-order valence-electron chi connectivity index (χ4n) is 1.55. The van der Waals surface area contributed by atoms with E-state index in [1.165, 1.54) is 6.07 Å². The highest BCUT2D eigenvalue weighted by Gasteiger charge is 2.25. The van der Waals surface area contributed by atoms with E-state index in [4.69, 9.17) is 5.73 Å². The predicted octanol–water partition coefficient (Wildman–Crippen LogP) is 0.893. The second-order valence-corrected chi connectivity index (χ2v) is 3.98. The van der Waals surface area contributed by atoms with Crippen LogP contribution in [0.2, 0.25) is 0 Å². The van der Waals surface area contributed by atoms with Crippen LogP contribution in [0.5, 0.6) is 0 Å². The molecule has 1 aromatic rings. The van der Waals surface area contributed by atoms with Gasteiger partial charge in [-0.25, -0.2) is 9.18 Å². The van der Waals surface area contributed by atoms with Crippen LogP contribution in [0.25, 0.3) is 0 Å². The number of carbonyl (C=O) groups excluding carboxylic acids is 2. The van der Waals surface area contributed by atoms with E-state index in [9.17, 15) is 14.0 Å². The van der Waals surface area contributed by atoms with Crippen molar-refractivity contribution in [1.82, 2.24) is 5.32 Å². The first-order chi connectivity index (χ1) is 8.97. The van der Waals surface area contributed by atoms with Crippen LogP contribution in [0.4, 0.5) is 4.39 Å². The number of nitrogens with two attached hydrogens (primary N) is 1. The van der Waals surface area contributed by atoms with Crippen LogP contribution in [-0.2, 0) is 14.3 Å². The molecule has 0 aliphatic heterocycles. The summed E-state index contributed by atoms with van der Waals surface area (Å²) in [5.41, 5.74) is 5.76. The Morgan fingerprint density at radius 2 is 2.05 bits per heavy atom. The van der Waals surface area contributed by atoms with Crippen molar-refractivity contribution in [3.05, 3.63) is 35.6 Å². The van der Waals surface area contributed by atoms with E-state index in [0.29, 0.717) is 5.56 Å². The monoisotopic (exact) mass is 268 g/mol. The summed E-state index contributed by atoms with van der Waals surface area (Å²) in [6.07, 6.45) is 0. The summed E-state index contributed by atoms with van der Waals surface area (Å²) in [7, 11) is 0. The van der Waals surface area contributed by atoms with Crippen molar-refractivity contribution in [1.29, 1.82) is 0 Å². The van der Waals surface area contributed by atoms with Crippen molar-refractivity contribution in [2.24, 2.45) is 5.73 Å². The molecule has 1 aromatic carbocycles. The summed E-state index contributed by atoms with van der Waals surface area (Å²) >= 11 is 0. The summed E-state index contributed by atoms with van der Waals surface area (Å²) < 4.78 is 18.1. The van der Waals surface area contributed by atoms with Crippen LogP contribution < -0.4 is 11.1 Å². The van der Waals surface area contributed by atoms with E-state index < -0.39 is 29.8 Å². The lowest BCUT2D eigenvalue weighted by Crippen LogP contribution is -2.47. The zero-order valence-electron chi connectivity index (χ0n) is 10.9. The van der Waals surface area contributed by atoms with Gasteiger partial charge in [0.1, 0.15) is 5.82 Å². The van der Waals surface area contributed by atoms with Crippen LogP contribution in [0.1, 0.15) is 25.5 Å². The summed E-state index contributed by atoms with van der Waals surface area (Å²) in [6, 6.07) is 4.06. The molecule has 0 saturated carbocycles. The summed E-state index contributed by atoms with van der Waals surface area (Å²) in [6.45, 7) is 3.36. The molecule has 0 radical (unpaired) electrons. The Kier molecular flexibility index (Phi) is 5.44. The van der Waals surface area contributed by atoms with Gasteiger partial charge in [0, 0.05) is 5.56 Å². The molecule has 5 nitrogen and oxygen atoms in total. The largest absolute Gasteiger partial charge is 0.464 e. The lowest BCUT2D eigenvalue weighted by Gasteiger charge is -2.17. The van der Waals surface area contributed by atoms with Crippen molar-refractivity contribution < 1.29 is 18.7 Å². The zero-order chi connectivity index (χ0) is 14.4. The van der Waals surface area contributed by atoms with E-state index in [0.717, 1.165) is 0 Å². The highest BCUT2D eigenvalue weighted by molar-refractivity contribution is 6.01. The van der Waals surface area contributed by atoms with Crippen LogP contribution in [-0.4, -0.2) is 24.5 Å². The highest BCUT2D eigenvalue weighted by Crippen LogP contribution is 2.15. The third-order valence-electron chi connectivity index (χ3n) is 2.55. The van der Waals surface area contributed by atoms with E-state index in [1.54, 1.807) is 32.0 Å². The molecular formula is C13H17FN2O3. The van der Waals surface area contributed by atoms with Crippen LogP contribution >= 0.6 is 0 Å². The van der Waals surface area contributed by atoms with E-state index >= 15 is 0 Å². The molecule has 6 heteroatoms. The number of halogens is 1. The van der Waals surface area contributed by atoms with Crippen molar-refractivity contribution in [2.75, 3.05) is 6.61 Å². The molecule has 0 aliphatic rings. The second-order valence-electron chi connectivity index (χ2n) is 3.98. The highest BCUT2D eigenvalue weighted by atomic mass is 19.1. The number of hydrogen-bond acceptors (Lipinski definition) is 4. The maximum absolute atomic E-state index is 13.5. The van der Waals surface area contributed by atoms with Gasteiger partial charge in [-0.15, -0.1) is 0 Å². The van der Waals surface area contributed by atoms with Gasteiger partial charge < -0.3 is 15.8 Å². The number of amides is 1. The summed E-state index contributed by atoms with van der Waals surface area (Å²) in [5, 5.41) is 2.47. The number of benzene rings is 1. The molecular weight excluding hydrogens is 251 g/mol. The molecule has 1 unspecified atom stereocenters. The first-order valence-corrected chi connectivity index (χ1v) is 5.94. The van der Waals surface area contributed by atoms with Crippen molar-refractivity contribution >= 4 is 11.9 Å². The minimum atomic E-state index is -1.41. The standard InChI is InChI=1S/C13H17FN2O3/c1-3-19-13(18)11(15)12(17)16-8(2)9-6-4-5-7-10(9)14/h4-8,11H,3,15H2,1-2H3,(H,16,17)/t8-,11?/m1/s1. The summed E-state index contributed by atoms with van der Waals surface area (Å²) in [5.74, 6) is -1.94. The smallest absolute Gasteiger partial charge is 0.332 e. The van der Waals surface area contributed by atoms with Gasteiger partial charge >= 0.3 is 5.97 Å². The van der Waals surface area contributed by atoms with Gasteiger partial charge in [-0.05, 0) is 19.9 Å². The number of ether oxygens (including phenoxy) is 1. The first-order valence-electron chi connectivity index (χ1n) is 5.94. The number of hydrogen-bond donors (Lipinski definition) is 2. The zero-order valence-corrected chi connectivity index (χ0v) is 10.9. The van der Waals surface area contributed by atoms with E-state index in [1.807, 2.05) is 0 Å². The Morgan fingerprint density at radius 1 is 1.42 bits per heavy atom. The predicted molar refractivity (Wildman–Crippen MR) is 67.6 cm³/mol. The third kappa shape index (κ3) is 4.03. The number of esters is 1. The fourth-order valence-corrected chi connectivity index (χ4v) is 1.55. The quantitative estimate of drug-likeness (QED) is 0.614. The average Bonchev–Trinajstić information content (AvgIpc) is 2.38. The lowest BCUT2D eigenvalue weighted by atomic mass is 10.1. The van der Waals surface area contributed by atoms with Gasteiger partial charge in [-0.3, -0.25) is 4.79 Å².